The maximum atomic E-state index is 4.46. The molecule has 0 aliphatic heterocycles. The number of fused-ring (bicyclic) bond motifs is 2. The minimum atomic E-state index is 0.794. The van der Waals surface area contributed by atoms with Crippen molar-refractivity contribution in [2.75, 3.05) is 5.32 Å². The van der Waals surface area contributed by atoms with Crippen LogP contribution in [-0.2, 0) is 0 Å². The van der Waals surface area contributed by atoms with Gasteiger partial charge < -0.3 is 5.32 Å². The molecule has 0 radical (unpaired) electrons. The van der Waals surface area contributed by atoms with E-state index >= 15 is 0 Å². The van der Waals surface area contributed by atoms with Gasteiger partial charge in [0.15, 0.2) is 0 Å². The lowest BCUT2D eigenvalue weighted by atomic mass is 10.0. The summed E-state index contributed by atoms with van der Waals surface area (Å²) in [5.74, 6) is 0.794. The highest BCUT2D eigenvalue weighted by atomic mass is 32.1. The first kappa shape index (κ1) is 15.0. The Hall–Kier alpha value is -3.31. The molecule has 0 unspecified atom stereocenters. The summed E-state index contributed by atoms with van der Waals surface area (Å²) in [6, 6.07) is 22.8. The molecule has 0 aliphatic rings. The summed E-state index contributed by atoms with van der Waals surface area (Å²) in [6.07, 6.45) is 1.59. The van der Waals surface area contributed by atoms with Gasteiger partial charge in [-0.25, -0.2) is 15.0 Å². The van der Waals surface area contributed by atoms with E-state index in [-0.39, 0.29) is 0 Å². The van der Waals surface area contributed by atoms with Crippen LogP contribution in [0.4, 0.5) is 11.5 Å². The molecule has 124 valence electrons. The van der Waals surface area contributed by atoms with Crippen LogP contribution in [0.2, 0.25) is 0 Å². The molecule has 0 atom stereocenters. The van der Waals surface area contributed by atoms with E-state index in [2.05, 4.69) is 56.7 Å². The molecule has 0 saturated heterocycles. The Balaban J connectivity index is 1.60. The third-order valence-corrected chi connectivity index (χ3v) is 5.15. The van der Waals surface area contributed by atoms with E-state index < -0.39 is 0 Å². The number of thiazole rings is 1. The van der Waals surface area contributed by atoms with Gasteiger partial charge in [-0.15, -0.1) is 11.3 Å². The van der Waals surface area contributed by atoms with Crippen molar-refractivity contribution in [1.29, 1.82) is 0 Å². The molecule has 0 bridgehead atoms. The first-order chi connectivity index (χ1) is 12.9. The fourth-order valence-corrected chi connectivity index (χ4v) is 3.70. The highest BCUT2D eigenvalue weighted by Crippen LogP contribution is 2.29. The Kier molecular flexibility index (Phi) is 3.57. The van der Waals surface area contributed by atoms with Crippen molar-refractivity contribution in [3.63, 3.8) is 0 Å². The van der Waals surface area contributed by atoms with Crippen LogP contribution in [0.1, 0.15) is 0 Å². The Morgan fingerprint density at radius 1 is 0.731 bits per heavy atom. The van der Waals surface area contributed by atoms with Gasteiger partial charge in [0, 0.05) is 11.1 Å². The van der Waals surface area contributed by atoms with Crippen molar-refractivity contribution in [3.05, 3.63) is 78.6 Å². The molecule has 5 aromatic rings. The second-order valence-corrected chi connectivity index (χ2v) is 6.87. The topological polar surface area (TPSA) is 50.7 Å². The lowest BCUT2D eigenvalue weighted by Crippen LogP contribution is -1.96. The summed E-state index contributed by atoms with van der Waals surface area (Å²) in [6.45, 7) is 0. The zero-order chi connectivity index (χ0) is 17.3. The van der Waals surface area contributed by atoms with E-state index in [9.17, 15) is 0 Å². The monoisotopic (exact) mass is 354 g/mol. The van der Waals surface area contributed by atoms with E-state index in [1.807, 2.05) is 35.8 Å². The van der Waals surface area contributed by atoms with Crippen LogP contribution < -0.4 is 5.32 Å². The van der Waals surface area contributed by atoms with Crippen LogP contribution in [0.25, 0.3) is 32.2 Å². The number of benzene rings is 3. The number of aromatic nitrogens is 3. The number of nitrogens with one attached hydrogen (secondary N) is 1. The van der Waals surface area contributed by atoms with Gasteiger partial charge in [0.05, 0.1) is 21.2 Å². The predicted molar refractivity (Wildman–Crippen MR) is 108 cm³/mol. The van der Waals surface area contributed by atoms with E-state index in [4.69, 9.17) is 0 Å². The minimum Gasteiger partial charge on any atom is -0.340 e. The molecule has 4 nitrogen and oxygen atoms in total. The van der Waals surface area contributed by atoms with Gasteiger partial charge in [0.2, 0.25) is 0 Å². The van der Waals surface area contributed by atoms with E-state index in [0.717, 1.165) is 33.5 Å². The smallest absolute Gasteiger partial charge is 0.141 e. The maximum absolute atomic E-state index is 4.46. The van der Waals surface area contributed by atoms with Crippen molar-refractivity contribution in [2.24, 2.45) is 0 Å². The molecular formula is C21H14N4S. The van der Waals surface area contributed by atoms with Crippen molar-refractivity contribution in [3.8, 4) is 11.1 Å². The molecule has 5 heteroatoms. The van der Waals surface area contributed by atoms with Gasteiger partial charge in [0.25, 0.3) is 0 Å². The summed E-state index contributed by atoms with van der Waals surface area (Å²) in [4.78, 5) is 13.2. The average molecular weight is 354 g/mol. The van der Waals surface area contributed by atoms with Gasteiger partial charge in [0.1, 0.15) is 12.1 Å². The number of anilines is 2. The van der Waals surface area contributed by atoms with Gasteiger partial charge in [-0.1, -0.05) is 36.4 Å². The number of hydrogen-bond donors (Lipinski definition) is 1. The fraction of sp³-hybridized carbons (Fsp3) is 0. The Bertz CT molecular complexity index is 1210. The van der Waals surface area contributed by atoms with E-state index in [1.165, 1.54) is 10.3 Å². The molecule has 0 spiro atoms. The summed E-state index contributed by atoms with van der Waals surface area (Å²) in [5.41, 5.74) is 7.05. The molecule has 1 N–H and O–H groups in total. The van der Waals surface area contributed by atoms with Crippen molar-refractivity contribution in [1.82, 2.24) is 15.0 Å². The SMILES string of the molecule is c1ccc(-c2ccc3ncnc(Nc4ccc5scnc5c4)c3c2)cc1. The number of rotatable bonds is 3. The molecule has 5 rings (SSSR count). The highest BCUT2D eigenvalue weighted by Gasteiger charge is 2.07. The lowest BCUT2D eigenvalue weighted by Gasteiger charge is -2.10. The zero-order valence-corrected chi connectivity index (χ0v) is 14.6. The Morgan fingerprint density at radius 2 is 1.65 bits per heavy atom. The van der Waals surface area contributed by atoms with E-state index in [0.29, 0.717) is 0 Å². The standard InChI is InChI=1S/C21H14N4S/c1-2-4-14(5-3-1)15-6-8-18-17(10-15)21(23-12-22-18)25-16-7-9-20-19(11-16)24-13-26-20/h1-13H,(H,22,23,25). The van der Waals surface area contributed by atoms with Crippen LogP contribution >= 0.6 is 11.3 Å². The average Bonchev–Trinajstić information content (AvgIpc) is 3.16. The quantitative estimate of drug-likeness (QED) is 0.455. The van der Waals surface area contributed by atoms with Gasteiger partial charge in [-0.05, 0) is 41.5 Å². The summed E-state index contributed by atoms with van der Waals surface area (Å²) < 4.78 is 1.18. The summed E-state index contributed by atoms with van der Waals surface area (Å²) >= 11 is 1.64. The normalized spacial score (nSPS) is 11.1. The Labute approximate surface area is 154 Å². The molecule has 3 aromatic carbocycles. The van der Waals surface area contributed by atoms with Crippen LogP contribution in [0.5, 0.6) is 0 Å². The van der Waals surface area contributed by atoms with E-state index in [1.54, 1.807) is 17.7 Å². The molecule has 2 aromatic heterocycles. The Morgan fingerprint density at radius 3 is 2.58 bits per heavy atom. The second-order valence-electron chi connectivity index (χ2n) is 5.98. The van der Waals surface area contributed by atoms with Crippen molar-refractivity contribution < 1.29 is 0 Å². The first-order valence-electron chi connectivity index (χ1n) is 8.27. The summed E-state index contributed by atoms with van der Waals surface area (Å²) in [5, 5.41) is 4.41. The third kappa shape index (κ3) is 2.68. The van der Waals surface area contributed by atoms with Crippen LogP contribution in [0.15, 0.2) is 78.6 Å². The molecule has 0 fully saturated rings. The summed E-state index contributed by atoms with van der Waals surface area (Å²) in [7, 11) is 0. The van der Waals surface area contributed by atoms with Gasteiger partial charge in [-0.3, -0.25) is 0 Å². The fourth-order valence-electron chi connectivity index (χ4n) is 3.04. The van der Waals surface area contributed by atoms with Crippen LogP contribution in [-0.4, -0.2) is 15.0 Å². The molecule has 0 saturated carbocycles. The number of nitrogens with zero attached hydrogens (tertiary/aromatic N) is 3. The van der Waals surface area contributed by atoms with Gasteiger partial charge >= 0.3 is 0 Å². The minimum absolute atomic E-state index is 0.794. The van der Waals surface area contributed by atoms with Gasteiger partial charge in [-0.2, -0.15) is 0 Å². The second kappa shape index (κ2) is 6.20. The molecular weight excluding hydrogens is 340 g/mol. The lowest BCUT2D eigenvalue weighted by molar-refractivity contribution is 1.22. The van der Waals surface area contributed by atoms with Crippen molar-refractivity contribution >= 4 is 44.0 Å². The number of hydrogen-bond acceptors (Lipinski definition) is 5. The molecule has 0 amide bonds. The van der Waals surface area contributed by atoms with Crippen LogP contribution in [0.3, 0.4) is 0 Å². The predicted octanol–water partition coefficient (Wildman–Crippen LogP) is 5.65. The van der Waals surface area contributed by atoms with Crippen LogP contribution in [0, 0.1) is 0 Å². The zero-order valence-electron chi connectivity index (χ0n) is 13.8. The van der Waals surface area contributed by atoms with Crippen molar-refractivity contribution in [2.45, 2.75) is 0 Å². The largest absolute Gasteiger partial charge is 0.340 e. The maximum Gasteiger partial charge on any atom is 0.141 e. The molecule has 2 heterocycles. The molecule has 26 heavy (non-hydrogen) atoms. The highest BCUT2D eigenvalue weighted by molar-refractivity contribution is 7.16. The molecule has 0 aliphatic carbocycles. The third-order valence-electron chi connectivity index (χ3n) is 4.34. The first-order valence-corrected chi connectivity index (χ1v) is 9.15.